The minimum atomic E-state index is -0.0134. The highest BCUT2D eigenvalue weighted by Gasteiger charge is 2.32. The summed E-state index contributed by atoms with van der Waals surface area (Å²) in [6.45, 7) is 7.26. The molecule has 0 aromatic carbocycles. The Hall–Kier alpha value is -0.570. The molecule has 1 atom stereocenters. The Kier molecular flexibility index (Phi) is 4.66. The van der Waals surface area contributed by atoms with E-state index in [0.717, 1.165) is 19.6 Å². The van der Waals surface area contributed by atoms with Gasteiger partial charge in [-0.15, -0.1) is 0 Å². The number of carbonyl (C=O) groups is 1. The van der Waals surface area contributed by atoms with Crippen LogP contribution in [0.1, 0.15) is 58.8 Å². The SMILES string of the molecule is CC(NCC1(C)CCC1)C(=O)N1CCCCCC1. The van der Waals surface area contributed by atoms with Crippen molar-refractivity contribution in [2.75, 3.05) is 19.6 Å². The van der Waals surface area contributed by atoms with Crippen LogP contribution in [0.15, 0.2) is 0 Å². The van der Waals surface area contributed by atoms with E-state index in [1.807, 2.05) is 6.92 Å². The number of nitrogens with one attached hydrogen (secondary N) is 1. The van der Waals surface area contributed by atoms with Crippen LogP contribution in [0.25, 0.3) is 0 Å². The van der Waals surface area contributed by atoms with E-state index in [2.05, 4.69) is 17.1 Å². The molecule has 1 unspecified atom stereocenters. The fraction of sp³-hybridized carbons (Fsp3) is 0.933. The lowest BCUT2D eigenvalue weighted by molar-refractivity contribution is -0.133. The first-order valence-electron chi connectivity index (χ1n) is 7.63. The van der Waals surface area contributed by atoms with E-state index in [4.69, 9.17) is 0 Å². The van der Waals surface area contributed by atoms with Gasteiger partial charge in [0.15, 0.2) is 0 Å². The second-order valence-electron chi connectivity index (χ2n) is 6.51. The molecule has 1 saturated carbocycles. The molecule has 104 valence electrons. The number of amides is 1. The standard InChI is InChI=1S/C15H28N2O/c1-13(16-12-15(2)8-7-9-15)14(18)17-10-5-3-4-6-11-17/h13,16H,3-12H2,1-2H3. The number of likely N-dealkylation sites (tertiary alicyclic amines) is 1. The summed E-state index contributed by atoms with van der Waals surface area (Å²) < 4.78 is 0. The van der Waals surface area contributed by atoms with E-state index in [0.29, 0.717) is 11.3 Å². The van der Waals surface area contributed by atoms with Crippen molar-refractivity contribution in [2.45, 2.75) is 64.8 Å². The molecule has 2 aliphatic rings. The summed E-state index contributed by atoms with van der Waals surface area (Å²) in [7, 11) is 0. The van der Waals surface area contributed by atoms with Gasteiger partial charge in [-0.2, -0.15) is 0 Å². The average molecular weight is 252 g/mol. The zero-order valence-corrected chi connectivity index (χ0v) is 12.0. The van der Waals surface area contributed by atoms with Crippen molar-refractivity contribution >= 4 is 5.91 Å². The lowest BCUT2D eigenvalue weighted by atomic mass is 9.70. The fourth-order valence-electron chi connectivity index (χ4n) is 3.01. The molecule has 18 heavy (non-hydrogen) atoms. The Bertz CT molecular complexity index is 278. The van der Waals surface area contributed by atoms with Gasteiger partial charge in [-0.1, -0.05) is 26.2 Å². The Labute approximate surface area is 111 Å². The quantitative estimate of drug-likeness (QED) is 0.834. The summed E-state index contributed by atoms with van der Waals surface area (Å²) in [6.07, 6.45) is 8.89. The van der Waals surface area contributed by atoms with Crippen molar-refractivity contribution < 1.29 is 4.79 Å². The van der Waals surface area contributed by atoms with Gasteiger partial charge < -0.3 is 10.2 Å². The van der Waals surface area contributed by atoms with Crippen molar-refractivity contribution in [3.05, 3.63) is 0 Å². The second kappa shape index (κ2) is 6.05. The van der Waals surface area contributed by atoms with Crippen LogP contribution in [-0.2, 0) is 4.79 Å². The first kappa shape index (κ1) is 13.9. The topological polar surface area (TPSA) is 32.3 Å². The molecule has 1 heterocycles. The minimum absolute atomic E-state index is 0.0134. The van der Waals surface area contributed by atoms with Crippen LogP contribution in [0, 0.1) is 5.41 Å². The first-order chi connectivity index (χ1) is 8.61. The third kappa shape index (κ3) is 3.47. The summed E-state index contributed by atoms with van der Waals surface area (Å²) >= 11 is 0. The van der Waals surface area contributed by atoms with Crippen molar-refractivity contribution in [2.24, 2.45) is 5.41 Å². The van der Waals surface area contributed by atoms with Crippen LogP contribution < -0.4 is 5.32 Å². The molecular weight excluding hydrogens is 224 g/mol. The summed E-state index contributed by atoms with van der Waals surface area (Å²) in [5, 5.41) is 3.45. The van der Waals surface area contributed by atoms with Crippen LogP contribution in [0.2, 0.25) is 0 Å². The van der Waals surface area contributed by atoms with E-state index in [1.54, 1.807) is 0 Å². The Morgan fingerprint density at radius 1 is 1.17 bits per heavy atom. The molecule has 2 fully saturated rings. The van der Waals surface area contributed by atoms with Gasteiger partial charge in [0.05, 0.1) is 6.04 Å². The maximum Gasteiger partial charge on any atom is 0.239 e. The van der Waals surface area contributed by atoms with E-state index < -0.39 is 0 Å². The summed E-state index contributed by atoms with van der Waals surface area (Å²) in [5.74, 6) is 0.305. The molecular formula is C15H28N2O. The van der Waals surface area contributed by atoms with E-state index in [9.17, 15) is 4.79 Å². The third-order valence-corrected chi connectivity index (χ3v) is 4.68. The van der Waals surface area contributed by atoms with Gasteiger partial charge in [0.25, 0.3) is 0 Å². The summed E-state index contributed by atoms with van der Waals surface area (Å²) in [6, 6.07) is -0.0134. The highest BCUT2D eigenvalue weighted by Crippen LogP contribution is 2.39. The number of hydrogen-bond donors (Lipinski definition) is 1. The van der Waals surface area contributed by atoms with Gasteiger partial charge in [-0.05, 0) is 38.0 Å². The maximum atomic E-state index is 12.3. The first-order valence-corrected chi connectivity index (χ1v) is 7.63. The van der Waals surface area contributed by atoms with Gasteiger partial charge >= 0.3 is 0 Å². The molecule has 1 aliphatic carbocycles. The van der Waals surface area contributed by atoms with Crippen LogP contribution in [-0.4, -0.2) is 36.5 Å². The molecule has 0 aromatic heterocycles. The van der Waals surface area contributed by atoms with Gasteiger partial charge in [0, 0.05) is 19.6 Å². The smallest absolute Gasteiger partial charge is 0.239 e. The summed E-state index contributed by atoms with van der Waals surface area (Å²) in [4.78, 5) is 14.4. The normalized spacial score (nSPS) is 25.1. The zero-order chi connectivity index (χ0) is 13.0. The molecule has 1 saturated heterocycles. The van der Waals surface area contributed by atoms with Gasteiger partial charge in [-0.3, -0.25) is 4.79 Å². The number of nitrogens with zero attached hydrogens (tertiary/aromatic N) is 1. The molecule has 0 spiro atoms. The zero-order valence-electron chi connectivity index (χ0n) is 12.0. The van der Waals surface area contributed by atoms with E-state index in [-0.39, 0.29) is 6.04 Å². The molecule has 1 amide bonds. The van der Waals surface area contributed by atoms with Crippen molar-refractivity contribution in [3.63, 3.8) is 0 Å². The van der Waals surface area contributed by atoms with E-state index >= 15 is 0 Å². The maximum absolute atomic E-state index is 12.3. The van der Waals surface area contributed by atoms with E-state index in [1.165, 1.54) is 44.9 Å². The average Bonchev–Trinajstić information content (AvgIpc) is 2.61. The van der Waals surface area contributed by atoms with Crippen LogP contribution in [0.5, 0.6) is 0 Å². The monoisotopic (exact) mass is 252 g/mol. The van der Waals surface area contributed by atoms with Crippen LogP contribution in [0.4, 0.5) is 0 Å². The predicted octanol–water partition coefficient (Wildman–Crippen LogP) is 2.56. The number of rotatable bonds is 4. The van der Waals surface area contributed by atoms with Gasteiger partial charge in [-0.25, -0.2) is 0 Å². The van der Waals surface area contributed by atoms with Crippen LogP contribution in [0.3, 0.4) is 0 Å². The largest absolute Gasteiger partial charge is 0.341 e. The lowest BCUT2D eigenvalue weighted by Crippen LogP contribution is -2.49. The molecule has 3 heteroatoms. The molecule has 0 bridgehead atoms. The minimum Gasteiger partial charge on any atom is -0.341 e. The molecule has 1 N–H and O–H groups in total. The Morgan fingerprint density at radius 3 is 2.28 bits per heavy atom. The summed E-state index contributed by atoms with van der Waals surface area (Å²) in [5.41, 5.74) is 0.452. The number of hydrogen-bond acceptors (Lipinski definition) is 2. The van der Waals surface area contributed by atoms with Crippen LogP contribution >= 0.6 is 0 Å². The molecule has 0 radical (unpaired) electrons. The predicted molar refractivity (Wildman–Crippen MR) is 74.5 cm³/mol. The fourth-order valence-corrected chi connectivity index (χ4v) is 3.01. The highest BCUT2D eigenvalue weighted by atomic mass is 16.2. The molecule has 0 aromatic rings. The third-order valence-electron chi connectivity index (χ3n) is 4.68. The van der Waals surface area contributed by atoms with Gasteiger partial charge in [0.1, 0.15) is 0 Å². The second-order valence-corrected chi connectivity index (χ2v) is 6.51. The van der Waals surface area contributed by atoms with Crippen molar-refractivity contribution in [1.82, 2.24) is 10.2 Å². The number of carbonyl (C=O) groups excluding carboxylic acids is 1. The van der Waals surface area contributed by atoms with Crippen molar-refractivity contribution in [3.8, 4) is 0 Å². The molecule has 2 rings (SSSR count). The Morgan fingerprint density at radius 2 is 1.78 bits per heavy atom. The molecule has 3 nitrogen and oxygen atoms in total. The lowest BCUT2D eigenvalue weighted by Gasteiger charge is -2.39. The van der Waals surface area contributed by atoms with Gasteiger partial charge in [0.2, 0.25) is 5.91 Å². The van der Waals surface area contributed by atoms with Crippen molar-refractivity contribution in [1.29, 1.82) is 0 Å². The molecule has 1 aliphatic heterocycles. The highest BCUT2D eigenvalue weighted by molar-refractivity contribution is 5.81. The Balaban J connectivity index is 1.76.